The lowest BCUT2D eigenvalue weighted by atomic mass is 10.1. The number of nitrogens with two attached hydrogens (primary N) is 1. The fourth-order valence-corrected chi connectivity index (χ4v) is 1.39. The zero-order valence-corrected chi connectivity index (χ0v) is 9.53. The Kier molecular flexibility index (Phi) is 3.86. The molecule has 0 amide bonds. The highest BCUT2D eigenvalue weighted by Gasteiger charge is 2.16. The third-order valence-electron chi connectivity index (χ3n) is 1.99. The van der Waals surface area contributed by atoms with Crippen molar-refractivity contribution < 1.29 is 4.74 Å². The van der Waals surface area contributed by atoms with E-state index in [1.807, 2.05) is 44.2 Å². The van der Waals surface area contributed by atoms with Crippen LogP contribution in [0.2, 0.25) is 0 Å². The Bertz CT molecular complexity index is 331. The number of ether oxygens (including phenoxy) is 1. The molecule has 0 spiro atoms. The lowest BCUT2D eigenvalue weighted by Gasteiger charge is -2.19. The van der Waals surface area contributed by atoms with Crippen molar-refractivity contribution in [2.75, 3.05) is 13.7 Å². The molecule has 0 saturated carbocycles. The molecule has 82 valence electrons. The van der Waals surface area contributed by atoms with Gasteiger partial charge < -0.3 is 10.5 Å². The van der Waals surface area contributed by atoms with Crippen LogP contribution in [0.25, 0.3) is 0 Å². The Labute approximate surface area is 91.0 Å². The summed E-state index contributed by atoms with van der Waals surface area (Å²) in [5, 5.41) is 0. The van der Waals surface area contributed by atoms with Gasteiger partial charge in [0.2, 0.25) is 0 Å². The summed E-state index contributed by atoms with van der Waals surface area (Å²) >= 11 is 0. The minimum Gasteiger partial charge on any atom is -0.383 e. The minimum atomic E-state index is -0.283. The van der Waals surface area contributed by atoms with Crippen LogP contribution in [0.15, 0.2) is 35.3 Å². The summed E-state index contributed by atoms with van der Waals surface area (Å²) in [7, 11) is 1.66. The lowest BCUT2D eigenvalue weighted by molar-refractivity contribution is 0.150. The Morgan fingerprint density at radius 3 is 2.47 bits per heavy atom. The maximum atomic E-state index is 5.91. The van der Waals surface area contributed by atoms with Crippen LogP contribution < -0.4 is 5.73 Å². The van der Waals surface area contributed by atoms with Crippen molar-refractivity contribution in [1.82, 2.24) is 0 Å². The fourth-order valence-electron chi connectivity index (χ4n) is 1.39. The van der Waals surface area contributed by atoms with Crippen molar-refractivity contribution in [3.8, 4) is 0 Å². The first-order valence-electron chi connectivity index (χ1n) is 4.95. The number of methoxy groups -OCH3 is 1. The van der Waals surface area contributed by atoms with Gasteiger partial charge in [-0.2, -0.15) is 0 Å². The molecule has 0 aliphatic rings. The van der Waals surface area contributed by atoms with E-state index in [2.05, 4.69) is 4.99 Å². The lowest BCUT2D eigenvalue weighted by Crippen LogP contribution is -2.28. The van der Waals surface area contributed by atoms with Gasteiger partial charge in [-0.25, -0.2) is 0 Å². The van der Waals surface area contributed by atoms with Gasteiger partial charge in [0.1, 0.15) is 5.84 Å². The number of aliphatic imine (C=N–C) groups is 1. The highest BCUT2D eigenvalue weighted by atomic mass is 16.5. The standard InChI is InChI=1S/C12H18N2O/c1-12(2,9-15-3)14-11(13)10-7-5-4-6-8-10/h4-8H,9H2,1-3H3,(H2,13,14). The zero-order valence-electron chi connectivity index (χ0n) is 9.53. The van der Waals surface area contributed by atoms with Crippen LogP contribution in [-0.4, -0.2) is 25.1 Å². The molecule has 0 saturated heterocycles. The van der Waals surface area contributed by atoms with Gasteiger partial charge in [-0.05, 0) is 13.8 Å². The van der Waals surface area contributed by atoms with Crippen LogP contribution in [0.5, 0.6) is 0 Å². The van der Waals surface area contributed by atoms with Gasteiger partial charge in [0.15, 0.2) is 0 Å². The van der Waals surface area contributed by atoms with E-state index >= 15 is 0 Å². The Balaban J connectivity index is 2.84. The van der Waals surface area contributed by atoms with E-state index in [4.69, 9.17) is 10.5 Å². The minimum absolute atomic E-state index is 0.283. The van der Waals surface area contributed by atoms with E-state index in [-0.39, 0.29) is 5.54 Å². The topological polar surface area (TPSA) is 47.6 Å². The first-order chi connectivity index (χ1) is 7.05. The summed E-state index contributed by atoms with van der Waals surface area (Å²) in [6.07, 6.45) is 0. The van der Waals surface area contributed by atoms with Crippen LogP contribution in [0.3, 0.4) is 0 Å². The third kappa shape index (κ3) is 3.72. The predicted molar refractivity (Wildman–Crippen MR) is 63.1 cm³/mol. The number of amidine groups is 1. The van der Waals surface area contributed by atoms with E-state index in [0.717, 1.165) is 5.56 Å². The summed E-state index contributed by atoms with van der Waals surface area (Å²) in [6.45, 7) is 4.54. The van der Waals surface area contributed by atoms with Crippen LogP contribution in [-0.2, 0) is 4.74 Å². The molecule has 0 bridgehead atoms. The maximum Gasteiger partial charge on any atom is 0.126 e. The molecule has 1 rings (SSSR count). The maximum absolute atomic E-state index is 5.91. The summed E-state index contributed by atoms with van der Waals surface area (Å²) in [4.78, 5) is 4.44. The van der Waals surface area contributed by atoms with E-state index < -0.39 is 0 Å². The average molecular weight is 206 g/mol. The van der Waals surface area contributed by atoms with Crippen molar-refractivity contribution >= 4 is 5.84 Å². The van der Waals surface area contributed by atoms with Gasteiger partial charge in [0.05, 0.1) is 12.1 Å². The van der Waals surface area contributed by atoms with Crippen LogP contribution in [0.4, 0.5) is 0 Å². The van der Waals surface area contributed by atoms with Crippen molar-refractivity contribution in [2.24, 2.45) is 10.7 Å². The molecular weight excluding hydrogens is 188 g/mol. The van der Waals surface area contributed by atoms with Crippen molar-refractivity contribution in [3.63, 3.8) is 0 Å². The second-order valence-electron chi connectivity index (χ2n) is 4.11. The highest BCUT2D eigenvalue weighted by Crippen LogP contribution is 2.10. The van der Waals surface area contributed by atoms with Gasteiger partial charge in [0.25, 0.3) is 0 Å². The second kappa shape index (κ2) is 4.94. The van der Waals surface area contributed by atoms with Gasteiger partial charge in [-0.15, -0.1) is 0 Å². The Morgan fingerprint density at radius 1 is 1.33 bits per heavy atom. The van der Waals surface area contributed by atoms with E-state index in [0.29, 0.717) is 12.4 Å². The molecule has 3 nitrogen and oxygen atoms in total. The van der Waals surface area contributed by atoms with Crippen LogP contribution >= 0.6 is 0 Å². The number of benzene rings is 1. The van der Waals surface area contributed by atoms with E-state index in [1.165, 1.54) is 0 Å². The monoisotopic (exact) mass is 206 g/mol. The second-order valence-corrected chi connectivity index (χ2v) is 4.11. The van der Waals surface area contributed by atoms with Crippen molar-refractivity contribution in [3.05, 3.63) is 35.9 Å². The Hall–Kier alpha value is -1.35. The number of nitrogens with zero attached hydrogens (tertiary/aromatic N) is 1. The molecule has 0 unspecified atom stereocenters. The summed E-state index contributed by atoms with van der Waals surface area (Å²) in [5.74, 6) is 0.553. The Morgan fingerprint density at radius 2 is 1.93 bits per heavy atom. The molecule has 0 fully saturated rings. The fraction of sp³-hybridized carbons (Fsp3) is 0.417. The molecule has 0 radical (unpaired) electrons. The van der Waals surface area contributed by atoms with Crippen molar-refractivity contribution in [1.29, 1.82) is 0 Å². The molecule has 1 aromatic rings. The summed E-state index contributed by atoms with van der Waals surface area (Å²) < 4.78 is 5.08. The van der Waals surface area contributed by atoms with E-state index in [9.17, 15) is 0 Å². The smallest absolute Gasteiger partial charge is 0.126 e. The van der Waals surface area contributed by atoms with Gasteiger partial charge in [0, 0.05) is 12.7 Å². The molecule has 2 N–H and O–H groups in total. The van der Waals surface area contributed by atoms with Gasteiger partial charge >= 0.3 is 0 Å². The molecule has 3 heteroatoms. The molecule has 15 heavy (non-hydrogen) atoms. The quantitative estimate of drug-likeness (QED) is 0.603. The number of rotatable bonds is 4. The molecule has 0 aliphatic carbocycles. The molecule has 1 aromatic carbocycles. The third-order valence-corrected chi connectivity index (χ3v) is 1.99. The van der Waals surface area contributed by atoms with Crippen LogP contribution in [0, 0.1) is 0 Å². The SMILES string of the molecule is COCC(C)(C)N=C(N)c1ccccc1. The molecule has 0 aromatic heterocycles. The van der Waals surface area contributed by atoms with Gasteiger partial charge in [-0.1, -0.05) is 30.3 Å². The average Bonchev–Trinajstić information content (AvgIpc) is 2.18. The molecular formula is C12H18N2O. The first-order valence-corrected chi connectivity index (χ1v) is 4.95. The number of hydrogen-bond acceptors (Lipinski definition) is 2. The molecule has 0 aliphatic heterocycles. The highest BCUT2D eigenvalue weighted by molar-refractivity contribution is 5.97. The normalized spacial score (nSPS) is 12.9. The van der Waals surface area contributed by atoms with Crippen LogP contribution in [0.1, 0.15) is 19.4 Å². The number of hydrogen-bond donors (Lipinski definition) is 1. The van der Waals surface area contributed by atoms with Crippen molar-refractivity contribution in [2.45, 2.75) is 19.4 Å². The predicted octanol–water partition coefficient (Wildman–Crippen LogP) is 1.82. The molecule has 0 atom stereocenters. The van der Waals surface area contributed by atoms with Gasteiger partial charge in [-0.3, -0.25) is 4.99 Å². The summed E-state index contributed by atoms with van der Waals surface area (Å²) in [6, 6.07) is 9.74. The summed E-state index contributed by atoms with van der Waals surface area (Å²) in [5.41, 5.74) is 6.57. The largest absolute Gasteiger partial charge is 0.383 e. The first kappa shape index (κ1) is 11.7. The molecule has 0 heterocycles. The zero-order chi connectivity index (χ0) is 11.3. The van der Waals surface area contributed by atoms with E-state index in [1.54, 1.807) is 7.11 Å².